The van der Waals surface area contributed by atoms with Crippen LogP contribution in [0.25, 0.3) is 5.52 Å². The van der Waals surface area contributed by atoms with E-state index in [1.54, 1.807) is 0 Å². The van der Waals surface area contributed by atoms with Gasteiger partial charge in [0.25, 0.3) is 0 Å². The number of carbonyl (C=O) groups is 1. The molecule has 4 rings (SSSR count). The Morgan fingerprint density at radius 3 is 2.72 bits per heavy atom. The number of aromatic nitrogens is 1. The Balaban J connectivity index is 1.36. The van der Waals surface area contributed by atoms with Gasteiger partial charge in [-0.15, -0.1) is 0 Å². The molecule has 0 aromatic carbocycles. The zero-order chi connectivity index (χ0) is 17.2. The molecule has 1 aliphatic carbocycles. The highest BCUT2D eigenvalue weighted by Gasteiger charge is 2.28. The summed E-state index contributed by atoms with van der Waals surface area (Å²) in [6, 6.07) is 8.62. The van der Waals surface area contributed by atoms with E-state index in [0.29, 0.717) is 6.04 Å². The van der Waals surface area contributed by atoms with Gasteiger partial charge in [0.1, 0.15) is 6.07 Å². The summed E-state index contributed by atoms with van der Waals surface area (Å²) >= 11 is 0. The average molecular weight is 336 g/mol. The number of fused-ring (bicyclic) bond motifs is 1. The molecule has 0 atom stereocenters. The summed E-state index contributed by atoms with van der Waals surface area (Å²) in [7, 11) is 0. The van der Waals surface area contributed by atoms with E-state index in [1.807, 2.05) is 28.8 Å². The predicted octanol–water partition coefficient (Wildman–Crippen LogP) is 2.69. The third-order valence-electron chi connectivity index (χ3n) is 5.68. The minimum Gasteiger partial charge on any atom is -0.353 e. The van der Waals surface area contributed by atoms with Crippen LogP contribution in [0.5, 0.6) is 0 Å². The number of hydrogen-bond acceptors (Lipinski definition) is 3. The molecule has 1 aliphatic heterocycles. The molecule has 0 unspecified atom stereocenters. The third-order valence-corrected chi connectivity index (χ3v) is 5.68. The van der Waals surface area contributed by atoms with Crippen LogP contribution in [0.3, 0.4) is 0 Å². The lowest BCUT2D eigenvalue weighted by Crippen LogP contribution is -2.47. The summed E-state index contributed by atoms with van der Waals surface area (Å²) in [5.41, 5.74) is 2.84. The normalized spacial score (nSPS) is 19.5. The van der Waals surface area contributed by atoms with Crippen LogP contribution in [0.1, 0.15) is 43.2 Å². The van der Waals surface area contributed by atoms with Crippen molar-refractivity contribution in [3.63, 3.8) is 0 Å². The largest absolute Gasteiger partial charge is 0.353 e. The fourth-order valence-electron chi connectivity index (χ4n) is 3.89. The van der Waals surface area contributed by atoms with Crippen molar-refractivity contribution in [3.8, 4) is 6.07 Å². The van der Waals surface area contributed by atoms with E-state index < -0.39 is 0 Å². The maximum atomic E-state index is 12.1. The molecule has 2 aromatic rings. The number of piperidine rings is 1. The van der Waals surface area contributed by atoms with Crippen LogP contribution in [-0.2, 0) is 11.3 Å². The molecule has 5 nitrogen and oxygen atoms in total. The quantitative estimate of drug-likeness (QED) is 0.934. The summed E-state index contributed by atoms with van der Waals surface area (Å²) in [4.78, 5) is 14.5. The van der Waals surface area contributed by atoms with Crippen molar-refractivity contribution in [2.75, 3.05) is 13.1 Å². The molecule has 2 aromatic heterocycles. The highest BCUT2D eigenvalue weighted by atomic mass is 16.2. The first-order valence-electron chi connectivity index (χ1n) is 9.26. The number of hydrogen-bond donors (Lipinski definition) is 1. The summed E-state index contributed by atoms with van der Waals surface area (Å²) in [6.07, 6.45) is 9.36. The fraction of sp³-hybridized carbons (Fsp3) is 0.500. The maximum absolute atomic E-state index is 12.1. The second kappa shape index (κ2) is 6.89. The van der Waals surface area contributed by atoms with Gasteiger partial charge in [-0.2, -0.15) is 5.26 Å². The Kier molecular flexibility index (Phi) is 4.46. The van der Waals surface area contributed by atoms with Crippen molar-refractivity contribution < 1.29 is 4.79 Å². The predicted molar refractivity (Wildman–Crippen MR) is 95.9 cm³/mol. The second-order valence-electron chi connectivity index (χ2n) is 7.32. The number of nitriles is 1. The zero-order valence-electron chi connectivity index (χ0n) is 14.4. The molecule has 1 saturated heterocycles. The first-order chi connectivity index (χ1) is 12.2. The number of nitrogens with one attached hydrogen (secondary N) is 1. The lowest BCUT2D eigenvalue weighted by atomic mass is 9.84. The van der Waals surface area contributed by atoms with E-state index >= 15 is 0 Å². The number of rotatable bonds is 4. The van der Waals surface area contributed by atoms with Gasteiger partial charge in [-0.3, -0.25) is 9.69 Å². The van der Waals surface area contributed by atoms with Gasteiger partial charge in [0.05, 0.1) is 11.1 Å². The van der Waals surface area contributed by atoms with Gasteiger partial charge in [-0.05, 0) is 37.8 Å². The molecule has 1 amide bonds. The molecule has 1 saturated carbocycles. The smallest absolute Gasteiger partial charge is 0.223 e. The molecule has 1 N–H and O–H groups in total. The van der Waals surface area contributed by atoms with Crippen molar-refractivity contribution in [1.29, 1.82) is 5.26 Å². The molecular formula is C20H24N4O. The van der Waals surface area contributed by atoms with E-state index in [0.717, 1.165) is 62.0 Å². The van der Waals surface area contributed by atoms with E-state index in [4.69, 9.17) is 0 Å². The lowest BCUT2D eigenvalue weighted by Gasteiger charge is -2.34. The number of likely N-dealkylation sites (tertiary alicyclic amines) is 1. The summed E-state index contributed by atoms with van der Waals surface area (Å²) < 4.78 is 2.03. The highest BCUT2D eigenvalue weighted by Crippen LogP contribution is 2.27. The Morgan fingerprint density at radius 1 is 1.24 bits per heavy atom. The Morgan fingerprint density at radius 2 is 2.04 bits per heavy atom. The Bertz CT molecular complexity index is 807. The van der Waals surface area contributed by atoms with Crippen molar-refractivity contribution in [3.05, 3.63) is 41.7 Å². The van der Waals surface area contributed by atoms with Crippen LogP contribution in [0.2, 0.25) is 0 Å². The molecule has 3 heterocycles. The minimum atomic E-state index is 0.259. The van der Waals surface area contributed by atoms with Gasteiger partial charge in [0.2, 0.25) is 5.91 Å². The lowest BCUT2D eigenvalue weighted by molar-refractivity contribution is -0.128. The molecule has 2 fully saturated rings. The van der Waals surface area contributed by atoms with Gasteiger partial charge in [0.15, 0.2) is 0 Å². The molecule has 25 heavy (non-hydrogen) atoms. The topological polar surface area (TPSA) is 60.5 Å². The van der Waals surface area contributed by atoms with Crippen LogP contribution < -0.4 is 5.32 Å². The van der Waals surface area contributed by atoms with Gasteiger partial charge in [-0.1, -0.05) is 12.5 Å². The zero-order valence-corrected chi connectivity index (χ0v) is 14.4. The molecule has 0 radical (unpaired) electrons. The van der Waals surface area contributed by atoms with Gasteiger partial charge >= 0.3 is 0 Å². The van der Waals surface area contributed by atoms with Crippen molar-refractivity contribution in [2.45, 2.75) is 44.7 Å². The van der Waals surface area contributed by atoms with Crippen LogP contribution in [0, 0.1) is 17.2 Å². The minimum absolute atomic E-state index is 0.259. The molecule has 2 aliphatic rings. The van der Waals surface area contributed by atoms with E-state index in [9.17, 15) is 10.1 Å². The Hall–Kier alpha value is -2.32. The molecule has 0 spiro atoms. The SMILES string of the molecule is N#Cc1c(CN2CCC(NC(=O)C3CCC3)CC2)cn2ccccc12. The first-order valence-corrected chi connectivity index (χ1v) is 9.26. The van der Waals surface area contributed by atoms with Gasteiger partial charge in [-0.25, -0.2) is 0 Å². The number of amides is 1. The van der Waals surface area contributed by atoms with Crippen LogP contribution >= 0.6 is 0 Å². The summed E-state index contributed by atoms with van der Waals surface area (Å²) in [5, 5.41) is 12.8. The molecule has 130 valence electrons. The van der Waals surface area contributed by atoms with E-state index in [1.165, 1.54) is 6.42 Å². The highest BCUT2D eigenvalue weighted by molar-refractivity contribution is 5.79. The number of carbonyl (C=O) groups excluding carboxylic acids is 1. The standard InChI is InChI=1S/C20H24N4O/c21-12-18-16(14-24-9-2-1-6-19(18)24)13-23-10-7-17(8-11-23)22-20(25)15-4-3-5-15/h1-2,6,9,14-15,17H,3-5,7-8,10-11,13H2,(H,22,25). The van der Waals surface area contributed by atoms with Crippen LogP contribution in [0.4, 0.5) is 0 Å². The molecule has 0 bridgehead atoms. The maximum Gasteiger partial charge on any atom is 0.223 e. The van der Waals surface area contributed by atoms with E-state index in [2.05, 4.69) is 22.5 Å². The monoisotopic (exact) mass is 336 g/mol. The average Bonchev–Trinajstić information content (AvgIpc) is 2.92. The van der Waals surface area contributed by atoms with Crippen molar-refractivity contribution in [2.24, 2.45) is 5.92 Å². The van der Waals surface area contributed by atoms with Crippen LogP contribution in [0.15, 0.2) is 30.6 Å². The van der Waals surface area contributed by atoms with Crippen molar-refractivity contribution in [1.82, 2.24) is 14.6 Å². The van der Waals surface area contributed by atoms with Gasteiger partial charge < -0.3 is 9.72 Å². The van der Waals surface area contributed by atoms with E-state index in [-0.39, 0.29) is 11.8 Å². The summed E-state index contributed by atoms with van der Waals surface area (Å²) in [6.45, 7) is 2.73. The third kappa shape index (κ3) is 3.27. The van der Waals surface area contributed by atoms with Crippen molar-refractivity contribution >= 4 is 11.4 Å². The Labute approximate surface area is 148 Å². The summed E-state index contributed by atoms with van der Waals surface area (Å²) in [5.74, 6) is 0.528. The number of nitrogens with zero attached hydrogens (tertiary/aromatic N) is 3. The first kappa shape index (κ1) is 16.2. The van der Waals surface area contributed by atoms with Gasteiger partial charge in [0, 0.05) is 49.6 Å². The second-order valence-corrected chi connectivity index (χ2v) is 7.32. The molecule has 5 heteroatoms. The molecular weight excluding hydrogens is 312 g/mol. The number of pyridine rings is 1. The van der Waals surface area contributed by atoms with Crippen LogP contribution in [-0.4, -0.2) is 34.3 Å². The fourth-order valence-corrected chi connectivity index (χ4v) is 3.89.